The second-order valence-electron chi connectivity index (χ2n) is 4.69. The lowest BCUT2D eigenvalue weighted by Gasteiger charge is -2.20. The number of carboxylic acids is 1. The standard InChI is InChI=1S/C15H21NO5/c1-2-3-9-21-15(20)16-12(10-13(17)14(18)19)11-7-5-4-6-8-11/h4-8,12-13,17H,2-3,9-10H2,1H3,(H,16,20)(H,18,19). The molecule has 0 radical (unpaired) electrons. The monoisotopic (exact) mass is 295 g/mol. The first-order valence-corrected chi connectivity index (χ1v) is 6.93. The Morgan fingerprint density at radius 2 is 1.95 bits per heavy atom. The van der Waals surface area contributed by atoms with Gasteiger partial charge in [0.1, 0.15) is 0 Å². The van der Waals surface area contributed by atoms with E-state index in [9.17, 15) is 14.7 Å². The van der Waals surface area contributed by atoms with Crippen molar-refractivity contribution in [2.45, 2.75) is 38.3 Å². The number of carboxylic acid groups (broad SMARTS) is 1. The largest absolute Gasteiger partial charge is 0.479 e. The first-order valence-electron chi connectivity index (χ1n) is 6.93. The normalized spacial score (nSPS) is 13.2. The Labute approximate surface area is 123 Å². The second-order valence-corrected chi connectivity index (χ2v) is 4.69. The molecule has 3 N–H and O–H groups in total. The molecule has 0 heterocycles. The summed E-state index contributed by atoms with van der Waals surface area (Å²) in [6.45, 7) is 2.29. The number of carbonyl (C=O) groups is 2. The molecule has 0 aliphatic heterocycles. The fraction of sp³-hybridized carbons (Fsp3) is 0.467. The molecule has 2 atom stereocenters. The van der Waals surface area contributed by atoms with Gasteiger partial charge < -0.3 is 20.3 Å². The number of rotatable bonds is 8. The van der Waals surface area contributed by atoms with Gasteiger partial charge in [-0.25, -0.2) is 9.59 Å². The molecule has 0 spiro atoms. The third kappa shape index (κ3) is 6.27. The van der Waals surface area contributed by atoms with E-state index in [1.165, 1.54) is 0 Å². The Balaban J connectivity index is 2.68. The van der Waals surface area contributed by atoms with Crippen molar-refractivity contribution in [1.82, 2.24) is 5.32 Å². The highest BCUT2D eigenvalue weighted by Gasteiger charge is 2.23. The van der Waals surface area contributed by atoms with E-state index in [2.05, 4.69) is 5.32 Å². The van der Waals surface area contributed by atoms with Gasteiger partial charge in [0.2, 0.25) is 0 Å². The Hall–Kier alpha value is -2.08. The molecule has 0 saturated carbocycles. The van der Waals surface area contributed by atoms with Crippen LogP contribution in [0.5, 0.6) is 0 Å². The van der Waals surface area contributed by atoms with Crippen molar-refractivity contribution in [3.63, 3.8) is 0 Å². The number of alkyl carbamates (subject to hydrolysis) is 1. The lowest BCUT2D eigenvalue weighted by molar-refractivity contribution is -0.147. The van der Waals surface area contributed by atoms with E-state index in [-0.39, 0.29) is 6.42 Å². The van der Waals surface area contributed by atoms with Gasteiger partial charge in [-0.15, -0.1) is 0 Å². The fourth-order valence-electron chi connectivity index (χ4n) is 1.78. The van der Waals surface area contributed by atoms with Crippen LogP contribution in [0.25, 0.3) is 0 Å². The summed E-state index contributed by atoms with van der Waals surface area (Å²) in [5.74, 6) is -1.32. The number of amides is 1. The maximum Gasteiger partial charge on any atom is 0.407 e. The molecule has 0 aliphatic rings. The van der Waals surface area contributed by atoms with Crippen LogP contribution in [0.1, 0.15) is 37.8 Å². The van der Waals surface area contributed by atoms with Crippen molar-refractivity contribution >= 4 is 12.1 Å². The number of nitrogens with one attached hydrogen (secondary N) is 1. The smallest absolute Gasteiger partial charge is 0.407 e. The van der Waals surface area contributed by atoms with Crippen molar-refractivity contribution < 1.29 is 24.5 Å². The predicted octanol–water partition coefficient (Wildman–Crippen LogP) is 2.09. The molecule has 21 heavy (non-hydrogen) atoms. The van der Waals surface area contributed by atoms with Gasteiger partial charge in [0.25, 0.3) is 0 Å². The molecule has 1 aromatic rings. The lowest BCUT2D eigenvalue weighted by atomic mass is 10.0. The molecular weight excluding hydrogens is 274 g/mol. The molecule has 116 valence electrons. The van der Waals surface area contributed by atoms with Gasteiger partial charge in [-0.05, 0) is 12.0 Å². The van der Waals surface area contributed by atoms with E-state index in [0.29, 0.717) is 12.2 Å². The molecular formula is C15H21NO5. The summed E-state index contributed by atoms with van der Waals surface area (Å²) in [5, 5.41) is 20.9. The zero-order valence-electron chi connectivity index (χ0n) is 12.0. The van der Waals surface area contributed by atoms with E-state index in [1.807, 2.05) is 13.0 Å². The number of carbonyl (C=O) groups excluding carboxylic acids is 1. The summed E-state index contributed by atoms with van der Waals surface area (Å²) in [6, 6.07) is 8.26. The summed E-state index contributed by atoms with van der Waals surface area (Å²) in [7, 11) is 0. The zero-order chi connectivity index (χ0) is 15.7. The van der Waals surface area contributed by atoms with Gasteiger partial charge >= 0.3 is 12.1 Å². The van der Waals surface area contributed by atoms with E-state index in [0.717, 1.165) is 12.8 Å². The summed E-state index contributed by atoms with van der Waals surface area (Å²) in [6.07, 6.45) is -0.614. The van der Waals surface area contributed by atoms with Crippen LogP contribution < -0.4 is 5.32 Å². The second kappa shape index (κ2) is 8.97. The van der Waals surface area contributed by atoms with E-state index in [4.69, 9.17) is 9.84 Å². The van der Waals surface area contributed by atoms with Gasteiger partial charge in [0.05, 0.1) is 12.6 Å². The predicted molar refractivity (Wildman–Crippen MR) is 76.8 cm³/mol. The van der Waals surface area contributed by atoms with E-state index in [1.54, 1.807) is 24.3 Å². The van der Waals surface area contributed by atoms with Gasteiger partial charge in [0, 0.05) is 6.42 Å². The maximum atomic E-state index is 11.7. The maximum absolute atomic E-state index is 11.7. The Morgan fingerprint density at radius 1 is 1.29 bits per heavy atom. The summed E-state index contributed by atoms with van der Waals surface area (Å²) >= 11 is 0. The molecule has 0 fully saturated rings. The Morgan fingerprint density at radius 3 is 2.52 bits per heavy atom. The first-order chi connectivity index (χ1) is 10.0. The van der Waals surface area contributed by atoms with Crippen molar-refractivity contribution in [2.24, 2.45) is 0 Å². The van der Waals surface area contributed by atoms with Gasteiger partial charge in [-0.1, -0.05) is 43.7 Å². The van der Waals surface area contributed by atoms with Crippen LogP contribution in [0.2, 0.25) is 0 Å². The minimum absolute atomic E-state index is 0.123. The zero-order valence-corrected chi connectivity index (χ0v) is 12.0. The topological polar surface area (TPSA) is 95.9 Å². The highest BCUT2D eigenvalue weighted by atomic mass is 16.5. The summed E-state index contributed by atoms with van der Waals surface area (Å²) in [4.78, 5) is 22.5. The van der Waals surface area contributed by atoms with Crippen LogP contribution in [0.3, 0.4) is 0 Å². The summed E-state index contributed by atoms with van der Waals surface area (Å²) in [5.41, 5.74) is 0.713. The summed E-state index contributed by atoms with van der Waals surface area (Å²) < 4.78 is 5.00. The molecule has 0 aliphatic carbocycles. The molecule has 6 heteroatoms. The van der Waals surface area contributed by atoms with Crippen molar-refractivity contribution in [3.05, 3.63) is 35.9 Å². The molecule has 6 nitrogen and oxygen atoms in total. The molecule has 0 saturated heterocycles. The number of aliphatic hydroxyl groups excluding tert-OH is 1. The quantitative estimate of drug-likeness (QED) is 0.638. The van der Waals surface area contributed by atoms with Crippen molar-refractivity contribution in [2.75, 3.05) is 6.61 Å². The van der Waals surface area contributed by atoms with Gasteiger partial charge in [-0.2, -0.15) is 0 Å². The highest BCUT2D eigenvalue weighted by Crippen LogP contribution is 2.18. The molecule has 1 amide bonds. The molecule has 1 rings (SSSR count). The molecule has 1 aromatic carbocycles. The number of aliphatic carboxylic acids is 1. The average molecular weight is 295 g/mol. The van der Waals surface area contributed by atoms with Crippen LogP contribution >= 0.6 is 0 Å². The number of aliphatic hydroxyl groups is 1. The molecule has 0 aromatic heterocycles. The number of benzene rings is 1. The number of hydrogen-bond donors (Lipinski definition) is 3. The SMILES string of the molecule is CCCCOC(=O)NC(CC(O)C(=O)O)c1ccccc1. The van der Waals surface area contributed by atoms with E-state index < -0.39 is 24.2 Å². The lowest BCUT2D eigenvalue weighted by Crippen LogP contribution is -2.34. The van der Waals surface area contributed by atoms with Crippen LogP contribution in [0.4, 0.5) is 4.79 Å². The number of unbranched alkanes of at least 4 members (excludes halogenated alkanes) is 1. The molecule has 0 bridgehead atoms. The van der Waals surface area contributed by atoms with Gasteiger partial charge in [0.15, 0.2) is 6.10 Å². The third-order valence-electron chi connectivity index (χ3n) is 2.97. The van der Waals surface area contributed by atoms with Gasteiger partial charge in [-0.3, -0.25) is 0 Å². The average Bonchev–Trinajstić information content (AvgIpc) is 2.47. The number of hydrogen-bond acceptors (Lipinski definition) is 4. The molecule has 2 unspecified atom stereocenters. The highest BCUT2D eigenvalue weighted by molar-refractivity contribution is 5.72. The first kappa shape index (κ1) is 17.0. The van der Waals surface area contributed by atoms with Crippen molar-refractivity contribution in [1.29, 1.82) is 0 Å². The fourth-order valence-corrected chi connectivity index (χ4v) is 1.78. The Bertz CT molecular complexity index is 449. The van der Waals surface area contributed by atoms with E-state index >= 15 is 0 Å². The van der Waals surface area contributed by atoms with Crippen LogP contribution in [-0.2, 0) is 9.53 Å². The third-order valence-corrected chi connectivity index (χ3v) is 2.97. The number of ether oxygens (including phenoxy) is 1. The van der Waals surface area contributed by atoms with Crippen molar-refractivity contribution in [3.8, 4) is 0 Å². The van der Waals surface area contributed by atoms with Crippen LogP contribution in [0.15, 0.2) is 30.3 Å². The van der Waals surface area contributed by atoms with Crippen LogP contribution in [0, 0.1) is 0 Å². The van der Waals surface area contributed by atoms with Crippen LogP contribution in [-0.4, -0.2) is 35.0 Å². The minimum Gasteiger partial charge on any atom is -0.479 e. The Kier molecular flexibility index (Phi) is 7.25. The minimum atomic E-state index is -1.55.